The second-order valence-electron chi connectivity index (χ2n) is 7.24. The van der Waals surface area contributed by atoms with Crippen LogP contribution >= 0.6 is 0 Å². The molecule has 0 aromatic rings. The SMILES string of the molecule is CC1(C)CCCC2(CC1)NC(C1CC1)CCO2. The Kier molecular flexibility index (Phi) is 2.99. The van der Waals surface area contributed by atoms with Crippen molar-refractivity contribution in [3.63, 3.8) is 0 Å². The van der Waals surface area contributed by atoms with E-state index in [0.717, 1.165) is 18.6 Å². The molecule has 2 unspecified atom stereocenters. The molecule has 0 bridgehead atoms. The molecule has 2 aliphatic carbocycles. The van der Waals surface area contributed by atoms with Gasteiger partial charge in [-0.25, -0.2) is 0 Å². The van der Waals surface area contributed by atoms with Gasteiger partial charge in [0.1, 0.15) is 5.72 Å². The molecule has 2 atom stereocenters. The molecule has 1 aliphatic heterocycles. The summed E-state index contributed by atoms with van der Waals surface area (Å²) < 4.78 is 6.18. The fourth-order valence-electron chi connectivity index (χ4n) is 3.62. The van der Waals surface area contributed by atoms with E-state index in [1.165, 1.54) is 51.4 Å². The zero-order chi connectivity index (χ0) is 11.9. The molecular weight excluding hydrogens is 210 g/mol. The third kappa shape index (κ3) is 2.68. The third-order valence-corrected chi connectivity index (χ3v) is 5.09. The zero-order valence-corrected chi connectivity index (χ0v) is 11.4. The molecular formula is C15H27NO. The lowest BCUT2D eigenvalue weighted by Gasteiger charge is -2.42. The minimum absolute atomic E-state index is 0.0409. The molecule has 0 aromatic carbocycles. The average molecular weight is 237 g/mol. The normalized spacial score (nSPS) is 42.4. The van der Waals surface area contributed by atoms with E-state index in [-0.39, 0.29) is 5.72 Å². The van der Waals surface area contributed by atoms with E-state index in [9.17, 15) is 0 Å². The maximum atomic E-state index is 6.18. The predicted octanol–water partition coefficient (Wildman–Crippen LogP) is 3.46. The van der Waals surface area contributed by atoms with Gasteiger partial charge >= 0.3 is 0 Å². The van der Waals surface area contributed by atoms with E-state index in [1.807, 2.05) is 0 Å². The zero-order valence-electron chi connectivity index (χ0n) is 11.4. The Morgan fingerprint density at radius 3 is 2.59 bits per heavy atom. The van der Waals surface area contributed by atoms with Crippen LogP contribution in [-0.2, 0) is 4.74 Å². The third-order valence-electron chi connectivity index (χ3n) is 5.09. The van der Waals surface area contributed by atoms with Crippen molar-refractivity contribution in [1.29, 1.82) is 0 Å². The molecule has 3 aliphatic rings. The Labute approximate surface area is 105 Å². The monoisotopic (exact) mass is 237 g/mol. The first kappa shape index (κ1) is 12.0. The maximum absolute atomic E-state index is 6.18. The topological polar surface area (TPSA) is 21.3 Å². The summed E-state index contributed by atoms with van der Waals surface area (Å²) in [7, 11) is 0. The largest absolute Gasteiger partial charge is 0.361 e. The summed E-state index contributed by atoms with van der Waals surface area (Å²) >= 11 is 0. The average Bonchev–Trinajstić information content (AvgIpc) is 3.10. The number of hydrogen-bond donors (Lipinski definition) is 1. The Hall–Kier alpha value is -0.0800. The molecule has 3 fully saturated rings. The van der Waals surface area contributed by atoms with Crippen LogP contribution in [0.2, 0.25) is 0 Å². The van der Waals surface area contributed by atoms with E-state index in [2.05, 4.69) is 19.2 Å². The smallest absolute Gasteiger partial charge is 0.119 e. The quantitative estimate of drug-likeness (QED) is 0.754. The lowest BCUT2D eigenvalue weighted by atomic mass is 9.85. The fraction of sp³-hybridized carbons (Fsp3) is 1.00. The van der Waals surface area contributed by atoms with Gasteiger partial charge in [-0.1, -0.05) is 13.8 Å². The lowest BCUT2D eigenvalue weighted by Crippen LogP contribution is -2.57. The van der Waals surface area contributed by atoms with Gasteiger partial charge in [-0.3, -0.25) is 5.32 Å². The van der Waals surface area contributed by atoms with Gasteiger partial charge in [-0.2, -0.15) is 0 Å². The van der Waals surface area contributed by atoms with E-state index >= 15 is 0 Å². The Morgan fingerprint density at radius 1 is 1.00 bits per heavy atom. The van der Waals surface area contributed by atoms with Crippen molar-refractivity contribution in [3.05, 3.63) is 0 Å². The molecule has 2 heteroatoms. The van der Waals surface area contributed by atoms with E-state index in [1.54, 1.807) is 0 Å². The lowest BCUT2D eigenvalue weighted by molar-refractivity contribution is -0.122. The van der Waals surface area contributed by atoms with Crippen molar-refractivity contribution in [3.8, 4) is 0 Å². The van der Waals surface area contributed by atoms with Crippen molar-refractivity contribution >= 4 is 0 Å². The van der Waals surface area contributed by atoms with Gasteiger partial charge in [0, 0.05) is 6.04 Å². The van der Waals surface area contributed by atoms with Gasteiger partial charge in [0.15, 0.2) is 0 Å². The van der Waals surface area contributed by atoms with Crippen LogP contribution in [0.5, 0.6) is 0 Å². The Bertz CT molecular complexity index is 285. The first-order valence-electron chi connectivity index (χ1n) is 7.50. The molecule has 0 amide bonds. The molecule has 0 radical (unpaired) electrons. The molecule has 1 heterocycles. The van der Waals surface area contributed by atoms with Crippen molar-refractivity contribution in [1.82, 2.24) is 5.32 Å². The van der Waals surface area contributed by atoms with Crippen LogP contribution in [0.3, 0.4) is 0 Å². The highest BCUT2D eigenvalue weighted by molar-refractivity contribution is 4.96. The summed E-state index contributed by atoms with van der Waals surface area (Å²) in [5, 5.41) is 3.89. The molecule has 3 rings (SSSR count). The second kappa shape index (κ2) is 4.24. The summed E-state index contributed by atoms with van der Waals surface area (Å²) in [6.07, 6.45) is 10.5. The summed E-state index contributed by atoms with van der Waals surface area (Å²) in [5.41, 5.74) is 0.556. The van der Waals surface area contributed by atoms with Gasteiger partial charge in [0.25, 0.3) is 0 Å². The Balaban J connectivity index is 1.67. The van der Waals surface area contributed by atoms with Crippen LogP contribution in [0.1, 0.15) is 65.2 Å². The molecule has 1 saturated heterocycles. The van der Waals surface area contributed by atoms with Crippen molar-refractivity contribution in [2.45, 2.75) is 77.0 Å². The van der Waals surface area contributed by atoms with Gasteiger partial charge in [-0.05, 0) is 62.7 Å². The summed E-state index contributed by atoms with van der Waals surface area (Å²) in [5.74, 6) is 0.965. The van der Waals surface area contributed by atoms with Crippen LogP contribution in [0, 0.1) is 11.3 Å². The van der Waals surface area contributed by atoms with Crippen molar-refractivity contribution in [2.24, 2.45) is 11.3 Å². The van der Waals surface area contributed by atoms with Gasteiger partial charge in [-0.15, -0.1) is 0 Å². The first-order valence-corrected chi connectivity index (χ1v) is 7.50. The summed E-state index contributed by atoms with van der Waals surface area (Å²) in [6, 6.07) is 0.755. The molecule has 0 aromatic heterocycles. The number of nitrogens with one attached hydrogen (secondary N) is 1. The van der Waals surface area contributed by atoms with E-state index < -0.39 is 0 Å². The van der Waals surface area contributed by atoms with Gasteiger partial charge in [0.2, 0.25) is 0 Å². The van der Waals surface area contributed by atoms with E-state index in [0.29, 0.717) is 5.41 Å². The molecule has 1 spiro atoms. The number of rotatable bonds is 1. The molecule has 17 heavy (non-hydrogen) atoms. The maximum Gasteiger partial charge on any atom is 0.119 e. The van der Waals surface area contributed by atoms with Crippen molar-refractivity contribution in [2.75, 3.05) is 6.61 Å². The van der Waals surface area contributed by atoms with Gasteiger partial charge < -0.3 is 4.74 Å². The van der Waals surface area contributed by atoms with Crippen LogP contribution in [0.15, 0.2) is 0 Å². The predicted molar refractivity (Wildman–Crippen MR) is 69.8 cm³/mol. The standard InChI is InChI=1S/C15H27NO/c1-14(2)7-3-8-15(10-9-14)16-13(6-11-17-15)12-4-5-12/h12-13,16H,3-11H2,1-2H3. The molecule has 1 N–H and O–H groups in total. The molecule has 2 saturated carbocycles. The van der Waals surface area contributed by atoms with E-state index in [4.69, 9.17) is 4.74 Å². The van der Waals surface area contributed by atoms with Crippen LogP contribution in [0.25, 0.3) is 0 Å². The highest BCUT2D eigenvalue weighted by atomic mass is 16.5. The highest BCUT2D eigenvalue weighted by Gasteiger charge is 2.43. The summed E-state index contributed by atoms with van der Waals surface area (Å²) in [6.45, 7) is 5.80. The minimum atomic E-state index is 0.0409. The number of ether oxygens (including phenoxy) is 1. The van der Waals surface area contributed by atoms with Crippen molar-refractivity contribution < 1.29 is 4.74 Å². The Morgan fingerprint density at radius 2 is 1.82 bits per heavy atom. The second-order valence-corrected chi connectivity index (χ2v) is 7.24. The van der Waals surface area contributed by atoms with Crippen LogP contribution in [0.4, 0.5) is 0 Å². The first-order chi connectivity index (χ1) is 8.09. The fourth-order valence-corrected chi connectivity index (χ4v) is 3.62. The summed E-state index contributed by atoms with van der Waals surface area (Å²) in [4.78, 5) is 0. The molecule has 98 valence electrons. The number of hydrogen-bond acceptors (Lipinski definition) is 2. The van der Waals surface area contributed by atoms with Gasteiger partial charge in [0.05, 0.1) is 6.61 Å². The highest BCUT2D eigenvalue weighted by Crippen LogP contribution is 2.43. The minimum Gasteiger partial charge on any atom is -0.361 e. The van der Waals surface area contributed by atoms with Crippen LogP contribution < -0.4 is 5.32 Å². The van der Waals surface area contributed by atoms with Crippen LogP contribution in [-0.4, -0.2) is 18.4 Å². The molecule has 2 nitrogen and oxygen atoms in total.